The van der Waals surface area contributed by atoms with Crippen LogP contribution >= 0.6 is 66.7 Å². The maximum absolute atomic E-state index is 13.2. The molecule has 10 heterocycles. The number of carbonyl (C=O) groups is 4. The second-order valence-electron chi connectivity index (χ2n) is 16.7. The van der Waals surface area contributed by atoms with E-state index in [0.29, 0.717) is 33.2 Å². The zero-order valence-electron chi connectivity index (χ0n) is 41.3. The Morgan fingerprint density at radius 1 is 0.649 bits per heavy atom. The number of primary amides is 1. The van der Waals surface area contributed by atoms with E-state index >= 15 is 0 Å². The summed E-state index contributed by atoms with van der Waals surface area (Å²) in [5.74, 6) is -0.624. The number of fused-ring (bicyclic) bond motifs is 2. The molecule has 0 aliphatic carbocycles. The van der Waals surface area contributed by atoms with Gasteiger partial charge in [-0.1, -0.05) is 53.0 Å². The number of halogens is 5. The number of nitrogens with one attached hydrogen (secondary N) is 4. The Morgan fingerprint density at radius 2 is 1.14 bits per heavy atom. The lowest BCUT2D eigenvalue weighted by molar-refractivity contribution is 0.0931. The number of carbonyl (C=O) groups excluding carboxylic acids is 4. The predicted octanol–water partition coefficient (Wildman–Crippen LogP) is 7.18. The van der Waals surface area contributed by atoms with Gasteiger partial charge in [-0.2, -0.15) is 0 Å². The highest BCUT2D eigenvalue weighted by Gasteiger charge is 2.45. The first-order valence-electron chi connectivity index (χ1n) is 22.3. The lowest BCUT2D eigenvalue weighted by Gasteiger charge is -2.27. The van der Waals surface area contributed by atoms with Gasteiger partial charge in [0, 0.05) is 36.4 Å². The van der Waals surface area contributed by atoms with Crippen LogP contribution in [0.2, 0.25) is 15.1 Å². The Bertz CT molecular complexity index is 3760. The molecule has 0 saturated heterocycles. The monoisotopic (exact) mass is 1230 g/mol. The molecule has 0 fully saturated rings. The van der Waals surface area contributed by atoms with Crippen LogP contribution in [0.3, 0.4) is 0 Å². The van der Waals surface area contributed by atoms with Crippen LogP contribution in [0.5, 0.6) is 0 Å². The van der Waals surface area contributed by atoms with Crippen LogP contribution in [-0.4, -0.2) is 72.5 Å². The maximum atomic E-state index is 13.2. The van der Waals surface area contributed by atoms with Gasteiger partial charge in [0.15, 0.2) is 17.1 Å². The van der Waals surface area contributed by atoms with Crippen molar-refractivity contribution in [1.29, 1.82) is 0 Å². The first-order valence-corrected chi connectivity index (χ1v) is 25.1. The molecule has 396 valence electrons. The van der Waals surface area contributed by atoms with Crippen LogP contribution in [0.1, 0.15) is 91.2 Å². The summed E-state index contributed by atoms with van der Waals surface area (Å²) in [5.41, 5.74) is 11.2. The Labute approximate surface area is 469 Å². The first-order chi connectivity index (χ1) is 36.4. The SMILES string of the molecule is CC(=O)c1cccc(C)n1.Cc1cccc(C2(C)NC(=O)c3c(Cl)cc(Br)c(=O)n32)n1.Cc1cccc(C2(C)NC(=O)c3c(Cl)cc(Nc4ccncn4)c(=O)n32)n1.NC(=O)c1[nH]c(=O)c(Br)cc1Cl.Nc1ccncn1. The number of aromatic amines is 1. The molecule has 10 rings (SSSR count). The molecule has 2 unspecified atom stereocenters. The van der Waals surface area contributed by atoms with Crippen molar-refractivity contribution >= 4 is 107 Å². The van der Waals surface area contributed by atoms with Crippen molar-refractivity contribution in [2.24, 2.45) is 5.73 Å². The van der Waals surface area contributed by atoms with Gasteiger partial charge in [0.25, 0.3) is 34.4 Å². The number of Topliss-reactive ketones (excluding diaryl/α,β-unsaturated/α-hetero) is 1. The number of nitrogen functional groups attached to an aromatic ring is 1. The van der Waals surface area contributed by atoms with E-state index in [1.165, 1.54) is 46.9 Å². The van der Waals surface area contributed by atoms with Crippen LogP contribution in [-0.2, 0) is 11.3 Å². The normalized spacial score (nSPS) is 15.4. The fourth-order valence-corrected chi connectivity index (χ4v) is 9.17. The number of hydrogen-bond donors (Lipinski definition) is 6. The number of ketones is 1. The van der Waals surface area contributed by atoms with E-state index < -0.39 is 40.2 Å². The number of amides is 3. The van der Waals surface area contributed by atoms with E-state index in [0.717, 1.165) is 17.1 Å². The molecule has 8 N–H and O–H groups in total. The highest BCUT2D eigenvalue weighted by molar-refractivity contribution is 9.10. The minimum atomic E-state index is -1.16. The second-order valence-corrected chi connectivity index (χ2v) is 19.6. The number of nitrogens with two attached hydrogens (primary N) is 2. The number of hydrogen-bond acceptors (Lipinski definition) is 16. The Hall–Kier alpha value is -8.03. The van der Waals surface area contributed by atoms with Crippen molar-refractivity contribution in [3.05, 3.63) is 216 Å². The summed E-state index contributed by atoms with van der Waals surface area (Å²) in [5, 5.41) is 9.06. The molecule has 0 radical (unpaired) electrons. The van der Waals surface area contributed by atoms with Gasteiger partial charge in [-0.05, 0) is 133 Å². The summed E-state index contributed by atoms with van der Waals surface area (Å²) in [6, 6.07) is 23.7. The Balaban J connectivity index is 0.000000169. The van der Waals surface area contributed by atoms with Crippen molar-refractivity contribution in [2.45, 2.75) is 52.9 Å². The molecule has 0 aromatic carbocycles. The summed E-state index contributed by atoms with van der Waals surface area (Å²) < 4.78 is 3.25. The van der Waals surface area contributed by atoms with E-state index in [-0.39, 0.29) is 53.7 Å². The molecule has 3 amide bonds. The highest BCUT2D eigenvalue weighted by Crippen LogP contribution is 2.34. The maximum Gasteiger partial charge on any atom is 0.277 e. The smallest absolute Gasteiger partial charge is 0.277 e. The van der Waals surface area contributed by atoms with Gasteiger partial charge >= 0.3 is 0 Å². The van der Waals surface area contributed by atoms with E-state index in [1.807, 2.05) is 57.2 Å². The summed E-state index contributed by atoms with van der Waals surface area (Å²) in [6.07, 6.45) is 5.92. The minimum absolute atomic E-state index is 0.0173. The molecule has 27 heteroatoms. The third-order valence-electron chi connectivity index (χ3n) is 11.0. The van der Waals surface area contributed by atoms with Gasteiger partial charge in [0.2, 0.25) is 0 Å². The molecule has 2 aliphatic rings. The lowest BCUT2D eigenvalue weighted by Crippen LogP contribution is -2.46. The number of nitrogens with zero attached hydrogens (tertiary/aromatic N) is 9. The average Bonchev–Trinajstić information content (AvgIpc) is 3.95. The third-order valence-corrected chi connectivity index (χ3v) is 13.0. The minimum Gasteiger partial charge on any atom is -0.384 e. The van der Waals surface area contributed by atoms with E-state index in [9.17, 15) is 33.6 Å². The first kappa shape index (κ1) is 58.2. The van der Waals surface area contributed by atoms with Crippen molar-refractivity contribution in [2.75, 3.05) is 11.1 Å². The van der Waals surface area contributed by atoms with Crippen LogP contribution in [0.25, 0.3) is 0 Å². The average molecular weight is 1230 g/mol. The Morgan fingerprint density at radius 3 is 1.58 bits per heavy atom. The van der Waals surface area contributed by atoms with E-state index in [1.54, 1.807) is 56.6 Å². The van der Waals surface area contributed by atoms with Crippen LogP contribution in [0, 0.1) is 20.8 Å². The quantitative estimate of drug-likeness (QED) is 0.0898. The molecule has 0 saturated carbocycles. The highest BCUT2D eigenvalue weighted by atomic mass is 79.9. The zero-order chi connectivity index (χ0) is 56.5. The Kier molecular flexibility index (Phi) is 18.7. The zero-order valence-corrected chi connectivity index (χ0v) is 46.8. The largest absolute Gasteiger partial charge is 0.384 e. The topological polar surface area (TPSA) is 323 Å². The van der Waals surface area contributed by atoms with Crippen LogP contribution in [0.15, 0.2) is 133 Å². The van der Waals surface area contributed by atoms with E-state index in [4.69, 9.17) is 46.3 Å². The van der Waals surface area contributed by atoms with Gasteiger partial charge < -0.3 is 32.4 Å². The number of anilines is 3. The molecule has 8 aromatic heterocycles. The molecule has 2 atom stereocenters. The molecule has 8 aromatic rings. The fraction of sp³-hybridized carbons (Fsp3) is 0.160. The molecule has 77 heavy (non-hydrogen) atoms. The van der Waals surface area contributed by atoms with Crippen molar-refractivity contribution in [1.82, 2.24) is 59.6 Å². The number of aromatic nitrogens is 10. The third kappa shape index (κ3) is 13.5. The molecule has 0 bridgehead atoms. The molecular weight excluding hydrogens is 1190 g/mol. The number of H-pyrrole nitrogens is 1. The number of pyridine rings is 6. The summed E-state index contributed by atoms with van der Waals surface area (Å²) >= 11 is 24.2. The standard InChI is InChI=1S/C18H15ClN6O2.C14H11BrClN3O2.C8H9NO.C6H4BrClN2O2.C4H5N3/c1-10-4-3-5-13(22-10)18(2)24-16(26)15-11(19)8-12(17(27)25(15)18)23-14-6-7-20-9-21-14;1-7-4-3-5-10(17-7)14(2)18-12(20)11-9(16)6-8(15)13(21)19(11)14;1-6-4-3-5-8(9-6)7(2)10;7-2-1-3(8)4(5(9)11)10-6(2)12;5-4-1-2-6-3-7-4/h3-9H,1-2H3,(H,24,26)(H,20,21,23);3-6H,1-2H3,(H,18,20);3-5H,1-2H3;1H,(H2,9,11)(H,10,12);1-3H,(H2,5,6,7). The molecule has 2 aliphatic heterocycles. The van der Waals surface area contributed by atoms with Gasteiger partial charge in [-0.3, -0.25) is 57.6 Å². The molecular formula is C50H44Br2Cl3N15O7. The summed E-state index contributed by atoms with van der Waals surface area (Å²) in [4.78, 5) is 113. The molecule has 0 spiro atoms. The van der Waals surface area contributed by atoms with Gasteiger partial charge in [0.1, 0.15) is 52.8 Å². The van der Waals surface area contributed by atoms with Gasteiger partial charge in [-0.15, -0.1) is 0 Å². The van der Waals surface area contributed by atoms with Crippen molar-refractivity contribution in [3.63, 3.8) is 0 Å². The number of aryl methyl sites for hydroxylation is 3. The predicted molar refractivity (Wildman–Crippen MR) is 297 cm³/mol. The summed E-state index contributed by atoms with van der Waals surface area (Å²) in [6.45, 7) is 10.5. The number of rotatable bonds is 6. The lowest BCUT2D eigenvalue weighted by atomic mass is 10.1. The summed E-state index contributed by atoms with van der Waals surface area (Å²) in [7, 11) is 0. The van der Waals surface area contributed by atoms with Crippen LogP contribution in [0.4, 0.5) is 17.3 Å². The van der Waals surface area contributed by atoms with E-state index in [2.05, 4.69) is 87.7 Å². The van der Waals surface area contributed by atoms with Crippen molar-refractivity contribution in [3.8, 4) is 0 Å². The van der Waals surface area contributed by atoms with Gasteiger partial charge in [-0.25, -0.2) is 19.9 Å². The molecule has 22 nitrogen and oxygen atoms in total. The van der Waals surface area contributed by atoms with Gasteiger partial charge in [0.05, 0.1) is 35.4 Å². The second kappa shape index (κ2) is 24.8. The van der Waals surface area contributed by atoms with Crippen molar-refractivity contribution < 1.29 is 19.2 Å². The van der Waals surface area contributed by atoms with Crippen LogP contribution < -0.4 is 44.1 Å². The fourth-order valence-electron chi connectivity index (χ4n) is 7.37.